The molecule has 2 rings (SSSR count). The highest BCUT2D eigenvalue weighted by molar-refractivity contribution is 7.98. The molecule has 5 nitrogen and oxygen atoms in total. The Morgan fingerprint density at radius 1 is 1.57 bits per heavy atom. The molecule has 74 valence electrons. The van der Waals surface area contributed by atoms with E-state index in [1.54, 1.807) is 0 Å². The maximum atomic E-state index is 11.4. The van der Waals surface area contributed by atoms with E-state index in [1.165, 1.54) is 11.8 Å². The molecule has 0 amide bonds. The van der Waals surface area contributed by atoms with Crippen molar-refractivity contribution in [2.45, 2.75) is 18.6 Å². The first kappa shape index (κ1) is 9.26. The number of nitrogens with zero attached hydrogens (tertiary/aromatic N) is 2. The number of aryl methyl sites for hydroxylation is 1. The van der Waals surface area contributed by atoms with Gasteiger partial charge in [-0.05, 0) is 12.7 Å². The van der Waals surface area contributed by atoms with Gasteiger partial charge in [-0.15, -0.1) is 0 Å². The Balaban J connectivity index is 2.80. The molecule has 2 heterocycles. The molecule has 0 atom stereocenters. The molecule has 14 heavy (non-hydrogen) atoms. The second-order valence-corrected chi connectivity index (χ2v) is 3.47. The molecule has 2 aromatic rings. The van der Waals surface area contributed by atoms with Gasteiger partial charge >= 0.3 is 5.56 Å². The summed E-state index contributed by atoms with van der Waals surface area (Å²) in [5.41, 5.74) is 1.31. The summed E-state index contributed by atoms with van der Waals surface area (Å²) in [7, 11) is 0. The molecule has 0 aliphatic heterocycles. The lowest BCUT2D eigenvalue weighted by Crippen LogP contribution is -2.06. The highest BCUT2D eigenvalue weighted by Crippen LogP contribution is 2.18. The van der Waals surface area contributed by atoms with Crippen LogP contribution in [0.25, 0.3) is 11.1 Å². The third-order valence-electron chi connectivity index (χ3n) is 1.90. The number of aromatic nitrogens is 3. The molecular weight excluding hydrogens is 202 g/mol. The van der Waals surface area contributed by atoms with Gasteiger partial charge < -0.3 is 4.42 Å². The molecule has 0 aromatic carbocycles. The summed E-state index contributed by atoms with van der Waals surface area (Å²) in [6, 6.07) is 0. The minimum Gasteiger partial charge on any atom is -0.429 e. The molecule has 0 unspecified atom stereocenters. The first-order valence-electron chi connectivity index (χ1n) is 4.18. The molecule has 0 bridgehead atoms. The predicted molar refractivity (Wildman–Crippen MR) is 53.6 cm³/mol. The van der Waals surface area contributed by atoms with Crippen LogP contribution in [0.5, 0.6) is 0 Å². The van der Waals surface area contributed by atoms with Crippen molar-refractivity contribution in [1.82, 2.24) is 15.2 Å². The van der Waals surface area contributed by atoms with Crippen LogP contribution in [0.2, 0.25) is 0 Å². The normalized spacial score (nSPS) is 11.0. The van der Waals surface area contributed by atoms with Crippen LogP contribution in [-0.4, -0.2) is 21.4 Å². The van der Waals surface area contributed by atoms with Crippen molar-refractivity contribution >= 4 is 22.9 Å². The average molecular weight is 211 g/mol. The minimum atomic E-state index is -0.317. The average Bonchev–Trinajstić information content (AvgIpc) is 2.61. The summed E-state index contributed by atoms with van der Waals surface area (Å²) < 4.78 is 5.41. The second-order valence-electron chi connectivity index (χ2n) is 2.72. The van der Waals surface area contributed by atoms with Gasteiger partial charge in [-0.3, -0.25) is 9.89 Å². The molecule has 2 aromatic heterocycles. The van der Waals surface area contributed by atoms with Crippen LogP contribution in [0.15, 0.2) is 14.4 Å². The lowest BCUT2D eigenvalue weighted by atomic mass is 10.3. The zero-order chi connectivity index (χ0) is 10.1. The van der Waals surface area contributed by atoms with E-state index in [2.05, 4.69) is 15.2 Å². The van der Waals surface area contributed by atoms with Crippen LogP contribution in [0, 0.1) is 0 Å². The summed E-state index contributed by atoms with van der Waals surface area (Å²) in [4.78, 5) is 15.2. The Hall–Kier alpha value is -1.30. The second kappa shape index (κ2) is 3.45. The fraction of sp³-hybridized carbons (Fsp3) is 0.375. The summed E-state index contributed by atoms with van der Waals surface area (Å²) >= 11 is 1.30. The standard InChI is InChI=1S/C8H9N3O2S/c1-3-4-6-5(11-10-4)7(12)9-8(13-6)14-2/h3H2,1-2H3,(H,10,11). The number of H-pyrrole nitrogens is 1. The Bertz CT molecular complexity index is 517. The van der Waals surface area contributed by atoms with Crippen molar-refractivity contribution in [3.05, 3.63) is 16.0 Å². The van der Waals surface area contributed by atoms with Gasteiger partial charge in [0.25, 0.3) is 5.22 Å². The van der Waals surface area contributed by atoms with Gasteiger partial charge in [0.1, 0.15) is 5.69 Å². The van der Waals surface area contributed by atoms with Crippen LogP contribution in [0.3, 0.4) is 0 Å². The monoisotopic (exact) mass is 211 g/mol. The molecule has 0 saturated carbocycles. The predicted octanol–water partition coefficient (Wildman–Crippen LogP) is 1.20. The van der Waals surface area contributed by atoms with Gasteiger partial charge in [-0.1, -0.05) is 18.7 Å². The van der Waals surface area contributed by atoms with Gasteiger partial charge in [0.2, 0.25) is 0 Å². The molecule has 0 spiro atoms. The SMILES string of the molecule is CCc1n[nH]c2c(=O)nc(SC)oc12. The van der Waals surface area contributed by atoms with E-state index in [9.17, 15) is 4.79 Å². The third-order valence-corrected chi connectivity index (χ3v) is 2.42. The summed E-state index contributed by atoms with van der Waals surface area (Å²) in [6.07, 6.45) is 2.53. The van der Waals surface area contributed by atoms with Crippen LogP contribution in [0.1, 0.15) is 12.6 Å². The van der Waals surface area contributed by atoms with Crippen molar-refractivity contribution in [2.75, 3.05) is 6.26 Å². The zero-order valence-electron chi connectivity index (χ0n) is 7.83. The van der Waals surface area contributed by atoms with Gasteiger partial charge in [0, 0.05) is 0 Å². The summed E-state index contributed by atoms with van der Waals surface area (Å²) in [5, 5.41) is 6.99. The van der Waals surface area contributed by atoms with E-state index in [-0.39, 0.29) is 5.56 Å². The van der Waals surface area contributed by atoms with Crippen LogP contribution < -0.4 is 5.56 Å². The first-order valence-corrected chi connectivity index (χ1v) is 5.40. The van der Waals surface area contributed by atoms with Gasteiger partial charge in [-0.2, -0.15) is 10.1 Å². The Morgan fingerprint density at radius 3 is 3.00 bits per heavy atom. The van der Waals surface area contributed by atoms with Crippen molar-refractivity contribution in [3.63, 3.8) is 0 Å². The Morgan fingerprint density at radius 2 is 2.36 bits per heavy atom. The number of fused-ring (bicyclic) bond motifs is 1. The lowest BCUT2D eigenvalue weighted by Gasteiger charge is -1.94. The van der Waals surface area contributed by atoms with E-state index in [4.69, 9.17) is 4.42 Å². The van der Waals surface area contributed by atoms with Gasteiger partial charge in [0.05, 0.1) is 0 Å². The number of thioether (sulfide) groups is 1. The van der Waals surface area contributed by atoms with E-state index >= 15 is 0 Å². The maximum absolute atomic E-state index is 11.4. The molecule has 0 radical (unpaired) electrons. The number of hydrogen-bond donors (Lipinski definition) is 1. The van der Waals surface area contributed by atoms with Crippen LogP contribution in [0.4, 0.5) is 0 Å². The molecule has 0 aliphatic rings. The quantitative estimate of drug-likeness (QED) is 0.755. The van der Waals surface area contributed by atoms with Crippen LogP contribution >= 0.6 is 11.8 Å². The maximum Gasteiger partial charge on any atom is 0.302 e. The summed E-state index contributed by atoms with van der Waals surface area (Å²) in [5.74, 6) is 0. The van der Waals surface area contributed by atoms with E-state index < -0.39 is 0 Å². The fourth-order valence-electron chi connectivity index (χ4n) is 1.20. The van der Waals surface area contributed by atoms with Crippen molar-refractivity contribution < 1.29 is 4.42 Å². The number of hydrogen-bond acceptors (Lipinski definition) is 5. The molecule has 0 aliphatic carbocycles. The zero-order valence-corrected chi connectivity index (χ0v) is 8.64. The van der Waals surface area contributed by atoms with Crippen molar-refractivity contribution in [1.29, 1.82) is 0 Å². The van der Waals surface area contributed by atoms with E-state index in [0.29, 0.717) is 16.3 Å². The van der Waals surface area contributed by atoms with Gasteiger partial charge in [-0.25, -0.2) is 0 Å². The molecule has 6 heteroatoms. The van der Waals surface area contributed by atoms with E-state index in [1.807, 2.05) is 13.2 Å². The van der Waals surface area contributed by atoms with Crippen molar-refractivity contribution in [3.8, 4) is 0 Å². The highest BCUT2D eigenvalue weighted by Gasteiger charge is 2.11. The topological polar surface area (TPSA) is 71.8 Å². The summed E-state index contributed by atoms with van der Waals surface area (Å²) in [6.45, 7) is 1.95. The smallest absolute Gasteiger partial charge is 0.302 e. The minimum absolute atomic E-state index is 0.317. The fourth-order valence-corrected chi connectivity index (χ4v) is 1.54. The number of rotatable bonds is 2. The van der Waals surface area contributed by atoms with E-state index in [0.717, 1.165) is 12.1 Å². The Kier molecular flexibility index (Phi) is 2.28. The van der Waals surface area contributed by atoms with Gasteiger partial charge in [0.15, 0.2) is 11.1 Å². The highest BCUT2D eigenvalue weighted by atomic mass is 32.2. The third kappa shape index (κ3) is 1.31. The van der Waals surface area contributed by atoms with Crippen molar-refractivity contribution in [2.24, 2.45) is 0 Å². The molecular formula is C8H9N3O2S. The molecule has 0 saturated heterocycles. The number of nitrogens with one attached hydrogen (secondary N) is 1. The number of aromatic amines is 1. The Labute approximate surface area is 83.9 Å². The largest absolute Gasteiger partial charge is 0.429 e. The first-order chi connectivity index (χ1) is 6.76. The lowest BCUT2D eigenvalue weighted by molar-refractivity contribution is 0.459. The van der Waals surface area contributed by atoms with Crippen LogP contribution in [-0.2, 0) is 6.42 Å². The molecule has 1 N–H and O–H groups in total. The molecule has 0 fully saturated rings.